The lowest BCUT2D eigenvalue weighted by Crippen LogP contribution is -2.14. The molecule has 126 valence electrons. The van der Waals surface area contributed by atoms with E-state index in [1.165, 1.54) is 32.1 Å². The van der Waals surface area contributed by atoms with E-state index < -0.39 is 5.91 Å². The summed E-state index contributed by atoms with van der Waals surface area (Å²) in [6, 6.07) is 7.25. The molecule has 1 aromatic heterocycles. The molecule has 3 atom stereocenters. The minimum Gasteiger partial charge on any atom is -0.366 e. The average molecular weight is 324 g/mol. The molecule has 2 fully saturated rings. The Kier molecular flexibility index (Phi) is 3.87. The number of nitrogens with zero attached hydrogens (tertiary/aromatic N) is 3. The van der Waals surface area contributed by atoms with Gasteiger partial charge in [0.05, 0.1) is 0 Å². The first-order valence-electron chi connectivity index (χ1n) is 9.02. The number of hydrogen-bond donors (Lipinski definition) is 1. The number of primary amides is 1. The Morgan fingerprint density at radius 2 is 2.00 bits per heavy atom. The number of hydrogen-bond acceptors (Lipinski definition) is 3. The maximum atomic E-state index is 11.2. The molecule has 2 N–H and O–H groups in total. The zero-order valence-corrected chi connectivity index (χ0v) is 14.1. The van der Waals surface area contributed by atoms with Gasteiger partial charge in [-0.2, -0.15) is 5.10 Å². The smallest absolute Gasteiger partial charge is 0.248 e. The standard InChI is InChI=1S/C19H24N4O/c1-2-23-19(16-11-10-12-4-3-5-15(12)16)21-18(22-23)14-8-6-13(7-9-14)17(20)24/h6-9,12,15-16H,2-5,10-11H2,1H3,(H2,20,24)/t12-,15-,16-/m0/s1. The summed E-state index contributed by atoms with van der Waals surface area (Å²) in [4.78, 5) is 16.1. The van der Waals surface area contributed by atoms with E-state index in [-0.39, 0.29) is 0 Å². The summed E-state index contributed by atoms with van der Waals surface area (Å²) >= 11 is 0. The van der Waals surface area contributed by atoms with Crippen LogP contribution < -0.4 is 5.73 Å². The predicted octanol–water partition coefficient (Wildman–Crippen LogP) is 3.36. The lowest BCUT2D eigenvalue weighted by atomic mass is 9.91. The number of nitrogens with two attached hydrogens (primary N) is 1. The molecule has 0 radical (unpaired) electrons. The number of benzene rings is 1. The number of fused-ring (bicyclic) bond motifs is 1. The fraction of sp³-hybridized carbons (Fsp3) is 0.526. The van der Waals surface area contributed by atoms with Crippen LogP contribution in [0.2, 0.25) is 0 Å². The maximum absolute atomic E-state index is 11.2. The third-order valence-electron chi connectivity index (χ3n) is 5.84. The first-order valence-corrected chi connectivity index (χ1v) is 9.02. The van der Waals surface area contributed by atoms with Gasteiger partial charge in [-0.05, 0) is 50.2 Å². The molecule has 0 unspecified atom stereocenters. The second-order valence-electron chi connectivity index (χ2n) is 7.09. The highest BCUT2D eigenvalue weighted by Gasteiger charge is 2.41. The summed E-state index contributed by atoms with van der Waals surface area (Å²) in [5.41, 5.74) is 6.76. The largest absolute Gasteiger partial charge is 0.366 e. The molecule has 1 heterocycles. The van der Waals surface area contributed by atoms with Gasteiger partial charge in [-0.3, -0.25) is 4.79 Å². The van der Waals surface area contributed by atoms with Gasteiger partial charge in [0.25, 0.3) is 0 Å². The van der Waals surface area contributed by atoms with Crippen molar-refractivity contribution < 1.29 is 4.79 Å². The average Bonchev–Trinajstić information content (AvgIpc) is 3.29. The molecule has 2 aliphatic rings. The van der Waals surface area contributed by atoms with Gasteiger partial charge < -0.3 is 5.73 Å². The summed E-state index contributed by atoms with van der Waals surface area (Å²) in [6.07, 6.45) is 6.69. The SMILES string of the molecule is CCn1nc(-c2ccc(C(N)=O)cc2)nc1[C@H]1CC[C@@H]2CCC[C@@H]21. The quantitative estimate of drug-likeness (QED) is 0.937. The topological polar surface area (TPSA) is 73.8 Å². The predicted molar refractivity (Wildman–Crippen MR) is 92.5 cm³/mol. The number of rotatable bonds is 4. The van der Waals surface area contributed by atoms with Crippen LogP contribution in [-0.2, 0) is 6.54 Å². The molecule has 0 spiro atoms. The summed E-state index contributed by atoms with van der Waals surface area (Å²) in [7, 11) is 0. The van der Waals surface area contributed by atoms with E-state index in [0.717, 1.165) is 35.6 Å². The van der Waals surface area contributed by atoms with Crippen LogP contribution in [0, 0.1) is 11.8 Å². The highest BCUT2D eigenvalue weighted by molar-refractivity contribution is 5.93. The number of carbonyl (C=O) groups is 1. The van der Waals surface area contributed by atoms with Crippen molar-refractivity contribution in [3.8, 4) is 11.4 Å². The fourth-order valence-corrected chi connectivity index (χ4v) is 4.65. The molecule has 0 saturated heterocycles. The molecule has 4 rings (SSSR count). The Bertz CT molecular complexity index is 749. The molecule has 24 heavy (non-hydrogen) atoms. The summed E-state index contributed by atoms with van der Waals surface area (Å²) in [5.74, 6) is 3.75. The summed E-state index contributed by atoms with van der Waals surface area (Å²) in [5, 5.41) is 4.72. The van der Waals surface area contributed by atoms with Crippen LogP contribution in [-0.4, -0.2) is 20.7 Å². The monoisotopic (exact) mass is 324 g/mol. The van der Waals surface area contributed by atoms with Crippen LogP contribution in [0.25, 0.3) is 11.4 Å². The summed E-state index contributed by atoms with van der Waals surface area (Å²) < 4.78 is 2.07. The zero-order valence-electron chi connectivity index (χ0n) is 14.1. The van der Waals surface area contributed by atoms with Crippen molar-refractivity contribution in [3.63, 3.8) is 0 Å². The zero-order chi connectivity index (χ0) is 16.7. The number of aryl methyl sites for hydroxylation is 1. The van der Waals surface area contributed by atoms with Gasteiger partial charge in [0.15, 0.2) is 5.82 Å². The Morgan fingerprint density at radius 1 is 1.21 bits per heavy atom. The lowest BCUT2D eigenvalue weighted by molar-refractivity contribution is 0.100. The van der Waals surface area contributed by atoms with E-state index >= 15 is 0 Å². The van der Waals surface area contributed by atoms with Crippen LogP contribution in [0.5, 0.6) is 0 Å². The normalized spacial score (nSPS) is 25.8. The first-order chi connectivity index (χ1) is 11.7. The minimum absolute atomic E-state index is 0.410. The molecule has 0 bridgehead atoms. The van der Waals surface area contributed by atoms with E-state index in [9.17, 15) is 4.79 Å². The third-order valence-corrected chi connectivity index (χ3v) is 5.84. The van der Waals surface area contributed by atoms with Gasteiger partial charge in [-0.1, -0.05) is 25.0 Å². The van der Waals surface area contributed by atoms with Crippen molar-refractivity contribution in [2.75, 3.05) is 0 Å². The molecule has 5 heteroatoms. The summed E-state index contributed by atoms with van der Waals surface area (Å²) in [6.45, 7) is 2.97. The Labute approximate surface area is 142 Å². The van der Waals surface area contributed by atoms with Crippen LogP contribution >= 0.6 is 0 Å². The Morgan fingerprint density at radius 3 is 2.71 bits per heavy atom. The van der Waals surface area contributed by atoms with E-state index in [4.69, 9.17) is 15.8 Å². The lowest BCUT2D eigenvalue weighted by Gasteiger charge is -2.17. The van der Waals surface area contributed by atoms with Crippen molar-refractivity contribution in [2.45, 2.75) is 51.5 Å². The molecular formula is C19H24N4O. The van der Waals surface area contributed by atoms with E-state index in [2.05, 4.69) is 11.6 Å². The minimum atomic E-state index is -0.410. The molecule has 0 aliphatic heterocycles. The van der Waals surface area contributed by atoms with E-state index in [0.29, 0.717) is 11.5 Å². The van der Waals surface area contributed by atoms with Gasteiger partial charge in [0.2, 0.25) is 5.91 Å². The third kappa shape index (κ3) is 2.52. The van der Waals surface area contributed by atoms with Crippen molar-refractivity contribution in [2.24, 2.45) is 17.6 Å². The highest BCUT2D eigenvalue weighted by Crippen LogP contribution is 2.51. The molecular weight excluding hydrogens is 300 g/mol. The second kappa shape index (κ2) is 6.04. The highest BCUT2D eigenvalue weighted by atomic mass is 16.1. The number of carbonyl (C=O) groups excluding carboxylic acids is 1. The first kappa shape index (κ1) is 15.4. The van der Waals surface area contributed by atoms with Crippen molar-refractivity contribution >= 4 is 5.91 Å². The maximum Gasteiger partial charge on any atom is 0.248 e. The van der Waals surface area contributed by atoms with Crippen LogP contribution in [0.15, 0.2) is 24.3 Å². The number of amides is 1. The Balaban J connectivity index is 1.66. The molecule has 2 aliphatic carbocycles. The van der Waals surface area contributed by atoms with Gasteiger partial charge in [0.1, 0.15) is 5.82 Å². The second-order valence-corrected chi connectivity index (χ2v) is 7.09. The van der Waals surface area contributed by atoms with Crippen LogP contribution in [0.4, 0.5) is 0 Å². The van der Waals surface area contributed by atoms with Gasteiger partial charge in [-0.15, -0.1) is 0 Å². The Hall–Kier alpha value is -2.17. The van der Waals surface area contributed by atoms with E-state index in [1.54, 1.807) is 12.1 Å². The van der Waals surface area contributed by atoms with Gasteiger partial charge in [-0.25, -0.2) is 9.67 Å². The number of aromatic nitrogens is 3. The van der Waals surface area contributed by atoms with Crippen LogP contribution in [0.1, 0.15) is 61.1 Å². The molecule has 2 saturated carbocycles. The molecule has 1 amide bonds. The van der Waals surface area contributed by atoms with Gasteiger partial charge >= 0.3 is 0 Å². The van der Waals surface area contributed by atoms with Crippen LogP contribution in [0.3, 0.4) is 0 Å². The van der Waals surface area contributed by atoms with E-state index in [1.807, 2.05) is 12.1 Å². The molecule has 1 aromatic carbocycles. The van der Waals surface area contributed by atoms with Crippen molar-refractivity contribution in [1.29, 1.82) is 0 Å². The van der Waals surface area contributed by atoms with Gasteiger partial charge in [0, 0.05) is 23.6 Å². The molecule has 2 aromatic rings. The van der Waals surface area contributed by atoms with Crippen molar-refractivity contribution in [1.82, 2.24) is 14.8 Å². The fourth-order valence-electron chi connectivity index (χ4n) is 4.65. The van der Waals surface area contributed by atoms with Crippen molar-refractivity contribution in [3.05, 3.63) is 35.7 Å². The molecule has 5 nitrogen and oxygen atoms in total.